The topological polar surface area (TPSA) is 114 Å². The van der Waals surface area contributed by atoms with Gasteiger partial charge in [0.1, 0.15) is 0 Å². The first-order valence-corrected chi connectivity index (χ1v) is 8.78. The third kappa shape index (κ3) is 7.46. The average Bonchev–Trinajstić information content (AvgIpc) is 2.64. The van der Waals surface area contributed by atoms with Gasteiger partial charge in [-0.25, -0.2) is 4.79 Å². The first-order valence-electron chi connectivity index (χ1n) is 8.78. The highest BCUT2D eigenvalue weighted by Crippen LogP contribution is 2.29. The van der Waals surface area contributed by atoms with Crippen molar-refractivity contribution in [2.24, 2.45) is 0 Å². The Bertz CT molecular complexity index is 970. The summed E-state index contributed by atoms with van der Waals surface area (Å²) in [5, 5.41) is 7.24. The lowest BCUT2D eigenvalue weighted by atomic mass is 10.1. The molecule has 0 saturated carbocycles. The van der Waals surface area contributed by atoms with Crippen LogP contribution in [0.1, 0.15) is 29.8 Å². The van der Waals surface area contributed by atoms with Crippen molar-refractivity contribution in [3.8, 4) is 0 Å². The molecular weight excluding hydrogens is 419 g/mol. The molecule has 0 aliphatic heterocycles. The maximum absolute atomic E-state index is 12.6. The Hall–Kier alpha value is -3.89. The van der Waals surface area contributed by atoms with Gasteiger partial charge in [-0.3, -0.25) is 14.4 Å². The summed E-state index contributed by atoms with van der Waals surface area (Å²) in [6, 6.07) is 7.76. The van der Waals surface area contributed by atoms with E-state index in [1.807, 2.05) is 0 Å². The molecular formula is C20H18F3N3O5. The highest BCUT2D eigenvalue weighted by Gasteiger charge is 2.30. The number of rotatable bonds is 6. The van der Waals surface area contributed by atoms with E-state index in [4.69, 9.17) is 4.74 Å². The summed E-state index contributed by atoms with van der Waals surface area (Å²) in [7, 11) is 0. The highest BCUT2D eigenvalue weighted by molar-refractivity contribution is 5.99. The molecule has 0 radical (unpaired) electrons. The van der Waals surface area contributed by atoms with Crippen molar-refractivity contribution in [1.82, 2.24) is 0 Å². The van der Waals surface area contributed by atoms with Crippen LogP contribution in [0.5, 0.6) is 0 Å². The van der Waals surface area contributed by atoms with Crippen molar-refractivity contribution in [1.29, 1.82) is 0 Å². The molecule has 0 fully saturated rings. The van der Waals surface area contributed by atoms with Gasteiger partial charge in [0.15, 0.2) is 6.61 Å². The highest BCUT2D eigenvalue weighted by atomic mass is 19.4. The normalized spacial score (nSPS) is 10.7. The maximum atomic E-state index is 12.6. The molecule has 31 heavy (non-hydrogen) atoms. The molecule has 0 atom stereocenters. The summed E-state index contributed by atoms with van der Waals surface area (Å²) < 4.78 is 42.6. The van der Waals surface area contributed by atoms with Crippen LogP contribution >= 0.6 is 0 Å². The van der Waals surface area contributed by atoms with Crippen LogP contribution in [-0.4, -0.2) is 30.3 Å². The minimum Gasteiger partial charge on any atom is -0.452 e. The monoisotopic (exact) mass is 437 g/mol. The molecule has 8 nitrogen and oxygen atoms in total. The van der Waals surface area contributed by atoms with E-state index in [0.717, 1.165) is 24.3 Å². The summed E-state index contributed by atoms with van der Waals surface area (Å²) in [6.07, 6.45) is -4.50. The Morgan fingerprint density at radius 2 is 1.32 bits per heavy atom. The minimum absolute atomic E-state index is 0.0441. The molecule has 0 aliphatic carbocycles. The van der Waals surface area contributed by atoms with Crippen LogP contribution in [0.4, 0.5) is 30.2 Å². The van der Waals surface area contributed by atoms with E-state index in [1.165, 1.54) is 32.0 Å². The van der Waals surface area contributed by atoms with E-state index >= 15 is 0 Å². The number of nitrogens with one attached hydrogen (secondary N) is 3. The smallest absolute Gasteiger partial charge is 0.416 e. The third-order valence-electron chi connectivity index (χ3n) is 3.64. The number of carbonyl (C=O) groups excluding carboxylic acids is 4. The minimum atomic E-state index is -4.50. The molecule has 0 aliphatic rings. The number of benzene rings is 2. The molecule has 2 rings (SSSR count). The number of esters is 1. The zero-order chi connectivity index (χ0) is 23.2. The standard InChI is InChI=1S/C20H18F3N3O5/c1-11(27)24-16-7-13(8-17(9-16)25-12(2)28)19(30)31-10-18(29)26-15-5-3-14(4-6-15)20(21,22)23/h3-9H,10H2,1-2H3,(H,24,27)(H,25,28)(H,26,29). The lowest BCUT2D eigenvalue weighted by molar-refractivity contribution is -0.137. The average molecular weight is 437 g/mol. The first kappa shape index (κ1) is 23.4. The van der Waals surface area contributed by atoms with Crippen LogP contribution in [0.25, 0.3) is 0 Å². The fourth-order valence-corrected chi connectivity index (χ4v) is 2.45. The second kappa shape index (κ2) is 9.74. The van der Waals surface area contributed by atoms with Crippen LogP contribution in [0.3, 0.4) is 0 Å². The predicted octanol–water partition coefficient (Wildman–Crippen LogP) is 3.42. The van der Waals surface area contributed by atoms with Gasteiger partial charge in [-0.15, -0.1) is 0 Å². The Labute approximate surface area is 174 Å². The maximum Gasteiger partial charge on any atom is 0.416 e. The second-order valence-corrected chi connectivity index (χ2v) is 6.36. The SMILES string of the molecule is CC(=O)Nc1cc(NC(C)=O)cc(C(=O)OCC(=O)Nc2ccc(C(F)(F)F)cc2)c1. The zero-order valence-corrected chi connectivity index (χ0v) is 16.4. The van der Waals surface area contributed by atoms with Crippen molar-refractivity contribution in [3.63, 3.8) is 0 Å². The van der Waals surface area contributed by atoms with Gasteiger partial charge in [0.2, 0.25) is 11.8 Å². The van der Waals surface area contributed by atoms with E-state index in [9.17, 15) is 32.3 Å². The fraction of sp³-hybridized carbons (Fsp3) is 0.200. The predicted molar refractivity (Wildman–Crippen MR) is 105 cm³/mol. The molecule has 0 bridgehead atoms. The van der Waals surface area contributed by atoms with Crippen molar-refractivity contribution in [2.75, 3.05) is 22.6 Å². The lowest BCUT2D eigenvalue weighted by Crippen LogP contribution is -2.21. The van der Waals surface area contributed by atoms with Crippen LogP contribution in [0.2, 0.25) is 0 Å². The summed E-state index contributed by atoms with van der Waals surface area (Å²) >= 11 is 0. The summed E-state index contributed by atoms with van der Waals surface area (Å²) in [5.41, 5.74) is -0.377. The molecule has 11 heteroatoms. The van der Waals surface area contributed by atoms with Gasteiger partial charge in [-0.2, -0.15) is 13.2 Å². The number of alkyl halides is 3. The summed E-state index contributed by atoms with van der Waals surface area (Å²) in [4.78, 5) is 46.7. The van der Waals surface area contributed by atoms with Crippen LogP contribution in [-0.2, 0) is 25.3 Å². The molecule has 3 amide bonds. The fourth-order valence-electron chi connectivity index (χ4n) is 2.45. The van der Waals surface area contributed by atoms with Gasteiger partial charge in [0.25, 0.3) is 5.91 Å². The summed E-state index contributed by atoms with van der Waals surface area (Å²) in [5.74, 6) is -2.50. The lowest BCUT2D eigenvalue weighted by Gasteiger charge is -2.11. The largest absolute Gasteiger partial charge is 0.452 e. The van der Waals surface area contributed by atoms with Crippen molar-refractivity contribution >= 4 is 40.8 Å². The van der Waals surface area contributed by atoms with E-state index < -0.39 is 42.0 Å². The van der Waals surface area contributed by atoms with Gasteiger partial charge in [0.05, 0.1) is 11.1 Å². The molecule has 3 N–H and O–H groups in total. The van der Waals surface area contributed by atoms with Crippen LogP contribution in [0, 0.1) is 0 Å². The van der Waals surface area contributed by atoms with Gasteiger partial charge in [-0.05, 0) is 42.5 Å². The van der Waals surface area contributed by atoms with Crippen LogP contribution < -0.4 is 16.0 Å². The van der Waals surface area contributed by atoms with Gasteiger partial charge < -0.3 is 20.7 Å². The molecule has 2 aromatic rings. The van der Waals surface area contributed by atoms with E-state index in [0.29, 0.717) is 0 Å². The quantitative estimate of drug-likeness (QED) is 0.600. The molecule has 2 aromatic carbocycles. The number of carbonyl (C=O) groups is 4. The number of ether oxygens (including phenoxy) is 1. The van der Waals surface area contributed by atoms with E-state index in [1.54, 1.807) is 0 Å². The van der Waals surface area contributed by atoms with Gasteiger partial charge in [-0.1, -0.05) is 0 Å². The number of halogens is 3. The first-order chi connectivity index (χ1) is 14.4. The zero-order valence-electron chi connectivity index (χ0n) is 16.4. The number of hydrogen-bond acceptors (Lipinski definition) is 5. The van der Waals surface area contributed by atoms with Crippen molar-refractivity contribution in [2.45, 2.75) is 20.0 Å². The Morgan fingerprint density at radius 1 is 0.806 bits per heavy atom. The molecule has 164 valence electrons. The molecule has 0 unspecified atom stereocenters. The van der Waals surface area contributed by atoms with Crippen molar-refractivity contribution < 1.29 is 37.1 Å². The summed E-state index contributed by atoms with van der Waals surface area (Å²) in [6.45, 7) is 1.81. The van der Waals surface area contributed by atoms with Gasteiger partial charge >= 0.3 is 12.1 Å². The van der Waals surface area contributed by atoms with Gasteiger partial charge in [0, 0.05) is 30.9 Å². The Morgan fingerprint density at radius 3 is 1.77 bits per heavy atom. The number of hydrogen-bond donors (Lipinski definition) is 3. The second-order valence-electron chi connectivity index (χ2n) is 6.36. The Kier molecular flexibility index (Phi) is 7.35. The molecule has 0 spiro atoms. The molecule has 0 aromatic heterocycles. The van der Waals surface area contributed by atoms with Crippen LogP contribution in [0.15, 0.2) is 42.5 Å². The van der Waals surface area contributed by atoms with E-state index in [2.05, 4.69) is 16.0 Å². The molecule has 0 saturated heterocycles. The Balaban J connectivity index is 2.03. The third-order valence-corrected chi connectivity index (χ3v) is 3.64. The molecule has 0 heterocycles. The van der Waals surface area contributed by atoms with E-state index in [-0.39, 0.29) is 22.6 Å². The van der Waals surface area contributed by atoms with Crippen molar-refractivity contribution in [3.05, 3.63) is 53.6 Å². The number of amides is 3. The number of anilines is 3.